The van der Waals surface area contributed by atoms with Gasteiger partial charge in [0.1, 0.15) is 24.4 Å². The molecule has 3 heterocycles. The van der Waals surface area contributed by atoms with Crippen LogP contribution < -0.4 is 10.6 Å². The van der Waals surface area contributed by atoms with E-state index in [0.29, 0.717) is 41.4 Å². The minimum absolute atomic E-state index is 0.0717. The topological polar surface area (TPSA) is 118 Å². The monoisotopic (exact) mass is 511 g/mol. The van der Waals surface area contributed by atoms with Crippen molar-refractivity contribution in [2.75, 3.05) is 5.32 Å². The summed E-state index contributed by atoms with van der Waals surface area (Å²) >= 11 is 0. The Balaban J connectivity index is 1.26. The van der Waals surface area contributed by atoms with Crippen molar-refractivity contribution in [3.05, 3.63) is 35.4 Å². The second-order valence-corrected chi connectivity index (χ2v) is 9.52. The highest BCUT2D eigenvalue weighted by molar-refractivity contribution is 5.72. The first-order chi connectivity index (χ1) is 17.0. The number of nitrogens with one attached hydrogen (secondary N) is 3. The van der Waals surface area contributed by atoms with E-state index in [1.165, 1.54) is 10.6 Å². The molecule has 10 nitrogen and oxygen atoms in total. The average Bonchev–Trinajstić information content (AvgIpc) is 3.12. The lowest BCUT2D eigenvalue weighted by atomic mass is 10.0. The van der Waals surface area contributed by atoms with Gasteiger partial charge in [-0.2, -0.15) is 10.2 Å². The van der Waals surface area contributed by atoms with E-state index in [1.54, 1.807) is 19.2 Å². The summed E-state index contributed by atoms with van der Waals surface area (Å²) in [5.74, 6) is 0.123. The third kappa shape index (κ3) is 5.37. The van der Waals surface area contributed by atoms with Crippen molar-refractivity contribution in [3.63, 3.8) is 0 Å². The molecule has 1 amide bonds. The highest BCUT2D eigenvalue weighted by Gasteiger charge is 2.43. The fourth-order valence-corrected chi connectivity index (χ4v) is 4.29. The second kappa shape index (κ2) is 8.91. The SMILES string of the molecule is Cc1cn2nc(COC(F)(F)F)cc2c(Nc2cc([C@@H]3CC[C@H](OC(=O)NC4(C)CC4)[C@@H]3F)[nH]n2)n1. The number of ether oxygens (including phenoxy) is 2. The Morgan fingerprint density at radius 3 is 2.81 bits per heavy atom. The van der Waals surface area contributed by atoms with Gasteiger partial charge in [-0.1, -0.05) is 0 Å². The molecule has 14 heteroatoms. The summed E-state index contributed by atoms with van der Waals surface area (Å²) in [6, 6.07) is 3.06. The standard InChI is InChI=1S/C22H25F4N7O3/c1-11-9-33-15(7-12(32-33)10-35-22(24,25)26)19(27-11)28-17-8-14(30-31-17)13-3-4-16(18(13)23)36-20(34)29-21(2)5-6-21/h7-9,13,16,18H,3-6,10H2,1-2H3,(H,29,34)(H2,27,28,30,31)/t13-,16-,18+/m0/s1. The zero-order valence-electron chi connectivity index (χ0n) is 19.5. The van der Waals surface area contributed by atoms with Gasteiger partial charge < -0.3 is 15.4 Å². The number of fused-ring (bicyclic) bond motifs is 1. The summed E-state index contributed by atoms with van der Waals surface area (Å²) < 4.78 is 62.9. The molecule has 0 bridgehead atoms. The van der Waals surface area contributed by atoms with E-state index in [1.807, 2.05) is 6.92 Å². The first-order valence-electron chi connectivity index (χ1n) is 11.5. The summed E-state index contributed by atoms with van der Waals surface area (Å²) in [6.45, 7) is 2.88. The molecular weight excluding hydrogens is 486 g/mol. The predicted octanol–water partition coefficient (Wildman–Crippen LogP) is 4.40. The van der Waals surface area contributed by atoms with Crippen LogP contribution in [0, 0.1) is 6.92 Å². The van der Waals surface area contributed by atoms with E-state index in [-0.39, 0.29) is 11.2 Å². The lowest BCUT2D eigenvalue weighted by Gasteiger charge is -2.19. The molecule has 3 aromatic rings. The number of carbonyl (C=O) groups excluding carboxylic acids is 1. The summed E-state index contributed by atoms with van der Waals surface area (Å²) in [6.07, 6.45) is -3.44. The zero-order chi connectivity index (χ0) is 25.7. The number of alkyl halides is 4. The number of H-pyrrole nitrogens is 1. The van der Waals surface area contributed by atoms with Crippen molar-refractivity contribution in [2.45, 2.75) is 76.2 Å². The van der Waals surface area contributed by atoms with Gasteiger partial charge in [0.05, 0.1) is 17.6 Å². The molecule has 2 saturated carbocycles. The van der Waals surface area contributed by atoms with Gasteiger partial charge in [-0.25, -0.2) is 18.7 Å². The van der Waals surface area contributed by atoms with Crippen molar-refractivity contribution in [3.8, 4) is 0 Å². The molecule has 3 N–H and O–H groups in total. The van der Waals surface area contributed by atoms with Gasteiger partial charge in [-0.15, -0.1) is 13.2 Å². The van der Waals surface area contributed by atoms with E-state index in [0.717, 1.165) is 12.8 Å². The van der Waals surface area contributed by atoms with Crippen LogP contribution >= 0.6 is 0 Å². The Morgan fingerprint density at radius 2 is 2.08 bits per heavy atom. The molecule has 2 aliphatic rings. The Morgan fingerprint density at radius 1 is 1.31 bits per heavy atom. The number of alkyl carbamates (subject to hydrolysis) is 1. The molecule has 3 aromatic heterocycles. The number of aromatic amines is 1. The minimum Gasteiger partial charge on any atom is -0.443 e. The number of hydrogen-bond donors (Lipinski definition) is 3. The molecule has 0 unspecified atom stereocenters. The maximum Gasteiger partial charge on any atom is 0.522 e. The molecule has 2 aliphatic carbocycles. The lowest BCUT2D eigenvalue weighted by molar-refractivity contribution is -0.330. The first kappa shape index (κ1) is 24.3. The van der Waals surface area contributed by atoms with Gasteiger partial charge in [0.25, 0.3) is 0 Å². The summed E-state index contributed by atoms with van der Waals surface area (Å²) in [4.78, 5) is 16.5. The molecular formula is C22H25F4N7O3. The van der Waals surface area contributed by atoms with E-state index in [4.69, 9.17) is 4.74 Å². The maximum atomic E-state index is 15.1. The Kier molecular flexibility index (Phi) is 6.01. The van der Waals surface area contributed by atoms with Crippen LogP contribution in [0.25, 0.3) is 5.52 Å². The van der Waals surface area contributed by atoms with Crippen molar-refractivity contribution in [2.24, 2.45) is 0 Å². The van der Waals surface area contributed by atoms with Crippen LogP contribution in [0.3, 0.4) is 0 Å². The molecule has 194 valence electrons. The largest absolute Gasteiger partial charge is 0.522 e. The maximum absolute atomic E-state index is 15.1. The van der Waals surface area contributed by atoms with Crippen molar-refractivity contribution < 1.29 is 31.8 Å². The lowest BCUT2D eigenvalue weighted by Crippen LogP contribution is -2.38. The summed E-state index contributed by atoms with van der Waals surface area (Å²) in [5.41, 5.74) is 1.33. The fraction of sp³-hybridized carbons (Fsp3) is 0.545. The molecule has 3 atom stereocenters. The highest BCUT2D eigenvalue weighted by atomic mass is 19.4. The quantitative estimate of drug-likeness (QED) is 0.402. The van der Waals surface area contributed by atoms with Crippen molar-refractivity contribution in [1.82, 2.24) is 30.1 Å². The van der Waals surface area contributed by atoms with Gasteiger partial charge in [0.2, 0.25) is 0 Å². The van der Waals surface area contributed by atoms with E-state index in [9.17, 15) is 18.0 Å². The van der Waals surface area contributed by atoms with Crippen LogP contribution in [0.4, 0.5) is 34.0 Å². The fourth-order valence-electron chi connectivity index (χ4n) is 4.29. The number of nitrogens with zero attached hydrogens (tertiary/aromatic N) is 4. The number of amides is 1. The van der Waals surface area contributed by atoms with E-state index < -0.39 is 37.3 Å². The van der Waals surface area contributed by atoms with E-state index >= 15 is 4.39 Å². The van der Waals surface area contributed by atoms with Gasteiger partial charge in [0, 0.05) is 23.2 Å². The van der Waals surface area contributed by atoms with Crippen molar-refractivity contribution >= 4 is 23.2 Å². The molecule has 0 radical (unpaired) electrons. The zero-order valence-corrected chi connectivity index (χ0v) is 19.5. The smallest absolute Gasteiger partial charge is 0.443 e. The molecule has 36 heavy (non-hydrogen) atoms. The number of rotatable bonds is 7. The highest BCUT2D eigenvalue weighted by Crippen LogP contribution is 2.39. The van der Waals surface area contributed by atoms with Crippen LogP contribution in [0.15, 0.2) is 18.3 Å². The predicted molar refractivity (Wildman–Crippen MR) is 118 cm³/mol. The number of carbonyl (C=O) groups is 1. The number of anilines is 2. The third-order valence-corrected chi connectivity index (χ3v) is 6.42. The van der Waals surface area contributed by atoms with Crippen LogP contribution in [-0.4, -0.2) is 55.1 Å². The van der Waals surface area contributed by atoms with E-state index in [2.05, 4.69) is 35.7 Å². The third-order valence-electron chi connectivity index (χ3n) is 6.42. The van der Waals surface area contributed by atoms with Crippen LogP contribution in [0.1, 0.15) is 55.6 Å². The van der Waals surface area contributed by atoms with Crippen LogP contribution in [0.5, 0.6) is 0 Å². The molecule has 0 aromatic carbocycles. The van der Waals surface area contributed by atoms with Gasteiger partial charge in [-0.05, 0) is 45.6 Å². The summed E-state index contributed by atoms with van der Waals surface area (Å²) in [5, 5.41) is 16.9. The average molecular weight is 511 g/mol. The first-order valence-corrected chi connectivity index (χ1v) is 11.5. The molecule has 0 aliphatic heterocycles. The Hall–Kier alpha value is -3.42. The molecule has 2 fully saturated rings. The molecule has 5 rings (SSSR count). The number of aryl methyl sites for hydroxylation is 1. The van der Waals surface area contributed by atoms with Crippen LogP contribution in [0.2, 0.25) is 0 Å². The minimum atomic E-state index is -4.77. The van der Waals surface area contributed by atoms with Crippen molar-refractivity contribution in [1.29, 1.82) is 0 Å². The Labute approximate surface area is 202 Å². The van der Waals surface area contributed by atoms with Gasteiger partial charge >= 0.3 is 12.5 Å². The van der Waals surface area contributed by atoms with Crippen LogP contribution in [-0.2, 0) is 16.1 Å². The second-order valence-electron chi connectivity index (χ2n) is 9.52. The molecule has 0 spiro atoms. The number of hydrogen-bond acceptors (Lipinski definition) is 7. The summed E-state index contributed by atoms with van der Waals surface area (Å²) in [7, 11) is 0. The molecule has 0 saturated heterocycles. The van der Waals surface area contributed by atoms with Gasteiger partial charge in [-0.3, -0.25) is 9.84 Å². The van der Waals surface area contributed by atoms with Gasteiger partial charge in [0.15, 0.2) is 11.6 Å². The Bertz CT molecular complexity index is 1270. The number of aromatic nitrogens is 5. The normalized spacial score (nSPS) is 23.1. The number of halogens is 4.